The number of rotatable bonds is 3. The van der Waals surface area contributed by atoms with E-state index in [1.54, 1.807) is 0 Å². The van der Waals surface area contributed by atoms with Crippen molar-refractivity contribution < 1.29 is 4.74 Å². The zero-order valence-electron chi connectivity index (χ0n) is 11.1. The Kier molecular flexibility index (Phi) is 3.16. The molecule has 0 saturated carbocycles. The van der Waals surface area contributed by atoms with E-state index in [4.69, 9.17) is 4.74 Å². The fourth-order valence-corrected chi connectivity index (χ4v) is 2.99. The van der Waals surface area contributed by atoms with Crippen molar-refractivity contribution >= 4 is 5.69 Å². The van der Waals surface area contributed by atoms with Crippen LogP contribution in [0.3, 0.4) is 0 Å². The number of ether oxygens (including phenoxy) is 1. The third kappa shape index (κ3) is 2.19. The van der Waals surface area contributed by atoms with E-state index in [2.05, 4.69) is 34.5 Å². The third-order valence-electron chi connectivity index (χ3n) is 4.34. The summed E-state index contributed by atoms with van der Waals surface area (Å²) in [5.41, 5.74) is 1.96. The van der Waals surface area contributed by atoms with Crippen molar-refractivity contribution in [2.45, 2.75) is 19.8 Å². The first-order chi connectivity index (χ1) is 8.81. The molecule has 2 aliphatic rings. The smallest absolute Gasteiger partial charge is 0.119 e. The molecule has 0 aromatic heterocycles. The normalized spacial score (nSPS) is 21.7. The third-order valence-corrected chi connectivity index (χ3v) is 4.34. The number of hydrogen-bond donors (Lipinski definition) is 1. The monoisotopic (exact) mass is 246 g/mol. The molecule has 1 spiro atoms. The molecule has 0 bridgehead atoms. The maximum atomic E-state index is 5.48. The van der Waals surface area contributed by atoms with Crippen molar-refractivity contribution in [3.8, 4) is 5.75 Å². The Morgan fingerprint density at radius 3 is 2.33 bits per heavy atom. The van der Waals surface area contributed by atoms with Crippen LogP contribution < -0.4 is 15.0 Å². The van der Waals surface area contributed by atoms with Gasteiger partial charge in [0.1, 0.15) is 5.75 Å². The largest absolute Gasteiger partial charge is 0.494 e. The maximum Gasteiger partial charge on any atom is 0.119 e. The Morgan fingerprint density at radius 1 is 1.17 bits per heavy atom. The van der Waals surface area contributed by atoms with Gasteiger partial charge in [-0.2, -0.15) is 0 Å². The van der Waals surface area contributed by atoms with Crippen LogP contribution in [0.25, 0.3) is 0 Å². The number of hydrogen-bond acceptors (Lipinski definition) is 3. The van der Waals surface area contributed by atoms with Crippen molar-refractivity contribution in [2.24, 2.45) is 5.41 Å². The molecular weight excluding hydrogens is 224 g/mol. The van der Waals surface area contributed by atoms with Gasteiger partial charge in [0, 0.05) is 31.9 Å². The van der Waals surface area contributed by atoms with Gasteiger partial charge >= 0.3 is 0 Å². The van der Waals surface area contributed by atoms with Gasteiger partial charge in [0.25, 0.3) is 0 Å². The predicted octanol–water partition coefficient (Wildman–Crippen LogP) is 2.28. The lowest BCUT2D eigenvalue weighted by Crippen LogP contribution is -2.58. The summed E-state index contributed by atoms with van der Waals surface area (Å²) in [5.74, 6) is 0.970. The molecule has 2 heterocycles. The first kappa shape index (κ1) is 11.8. The molecule has 1 N–H and O–H groups in total. The van der Waals surface area contributed by atoms with Crippen LogP contribution >= 0.6 is 0 Å². The van der Waals surface area contributed by atoms with Crippen LogP contribution in [0.2, 0.25) is 0 Å². The summed E-state index contributed by atoms with van der Waals surface area (Å²) < 4.78 is 5.48. The van der Waals surface area contributed by atoms with Gasteiger partial charge in [0.15, 0.2) is 0 Å². The zero-order chi connectivity index (χ0) is 12.4. The van der Waals surface area contributed by atoms with Gasteiger partial charge in [0.05, 0.1) is 6.61 Å². The molecule has 0 atom stereocenters. The highest BCUT2D eigenvalue weighted by Crippen LogP contribution is 2.36. The van der Waals surface area contributed by atoms with Gasteiger partial charge < -0.3 is 15.0 Å². The Hall–Kier alpha value is -1.22. The highest BCUT2D eigenvalue weighted by atomic mass is 16.5. The number of nitrogens with zero attached hydrogens (tertiary/aromatic N) is 1. The Balaban J connectivity index is 1.61. The van der Waals surface area contributed by atoms with Crippen LogP contribution in [-0.2, 0) is 0 Å². The average Bonchev–Trinajstić information content (AvgIpc) is 2.39. The van der Waals surface area contributed by atoms with E-state index in [1.807, 2.05) is 6.92 Å². The summed E-state index contributed by atoms with van der Waals surface area (Å²) >= 11 is 0. The summed E-state index contributed by atoms with van der Waals surface area (Å²) in [4.78, 5) is 2.50. The fourth-order valence-electron chi connectivity index (χ4n) is 2.99. The molecule has 1 aromatic carbocycles. The first-order valence-corrected chi connectivity index (χ1v) is 7.00. The van der Waals surface area contributed by atoms with E-state index < -0.39 is 0 Å². The molecule has 0 aliphatic carbocycles. The van der Waals surface area contributed by atoms with Crippen LogP contribution in [0.1, 0.15) is 19.8 Å². The van der Waals surface area contributed by atoms with E-state index in [1.165, 1.54) is 44.7 Å². The second-order valence-corrected chi connectivity index (χ2v) is 5.52. The van der Waals surface area contributed by atoms with Gasteiger partial charge in [-0.3, -0.25) is 0 Å². The molecule has 98 valence electrons. The lowest BCUT2D eigenvalue weighted by Gasteiger charge is -2.49. The van der Waals surface area contributed by atoms with Gasteiger partial charge in [-0.1, -0.05) is 0 Å². The highest BCUT2D eigenvalue weighted by Gasteiger charge is 2.39. The number of benzene rings is 1. The molecule has 3 rings (SSSR count). The van der Waals surface area contributed by atoms with Crippen molar-refractivity contribution in [1.82, 2.24) is 5.32 Å². The SMILES string of the molecule is CCOc1ccc(N2CCC3(CC2)CNC3)cc1. The minimum Gasteiger partial charge on any atom is -0.494 e. The van der Waals surface area contributed by atoms with Gasteiger partial charge in [-0.05, 0) is 49.4 Å². The average molecular weight is 246 g/mol. The molecule has 1 aromatic rings. The minimum absolute atomic E-state index is 0.627. The van der Waals surface area contributed by atoms with Crippen molar-refractivity contribution in [3.63, 3.8) is 0 Å². The van der Waals surface area contributed by atoms with Crippen molar-refractivity contribution in [2.75, 3.05) is 37.7 Å². The summed E-state index contributed by atoms with van der Waals surface area (Å²) in [6, 6.07) is 8.52. The Morgan fingerprint density at radius 2 is 1.83 bits per heavy atom. The number of anilines is 1. The topological polar surface area (TPSA) is 24.5 Å². The zero-order valence-corrected chi connectivity index (χ0v) is 11.1. The van der Waals surface area contributed by atoms with Gasteiger partial charge in [-0.25, -0.2) is 0 Å². The summed E-state index contributed by atoms with van der Waals surface area (Å²) in [6.07, 6.45) is 2.65. The van der Waals surface area contributed by atoms with Crippen LogP contribution in [0.5, 0.6) is 5.75 Å². The van der Waals surface area contributed by atoms with E-state index in [9.17, 15) is 0 Å². The summed E-state index contributed by atoms with van der Waals surface area (Å²) in [7, 11) is 0. The molecule has 2 saturated heterocycles. The summed E-state index contributed by atoms with van der Waals surface area (Å²) in [5, 5.41) is 3.41. The number of nitrogens with one attached hydrogen (secondary N) is 1. The van der Waals surface area contributed by atoms with Crippen LogP contribution in [0.15, 0.2) is 24.3 Å². The second kappa shape index (κ2) is 4.81. The van der Waals surface area contributed by atoms with Crippen LogP contribution in [0.4, 0.5) is 5.69 Å². The quantitative estimate of drug-likeness (QED) is 0.885. The molecule has 0 amide bonds. The number of piperidine rings is 1. The van der Waals surface area contributed by atoms with E-state index >= 15 is 0 Å². The molecule has 3 heteroatoms. The van der Waals surface area contributed by atoms with Crippen molar-refractivity contribution in [3.05, 3.63) is 24.3 Å². The second-order valence-electron chi connectivity index (χ2n) is 5.52. The van der Waals surface area contributed by atoms with E-state index in [-0.39, 0.29) is 0 Å². The fraction of sp³-hybridized carbons (Fsp3) is 0.600. The molecular formula is C15H22N2O. The van der Waals surface area contributed by atoms with E-state index in [0.717, 1.165) is 12.4 Å². The predicted molar refractivity (Wildman–Crippen MR) is 74.4 cm³/mol. The minimum atomic E-state index is 0.627. The Bertz CT molecular complexity index is 387. The molecule has 3 nitrogen and oxygen atoms in total. The molecule has 18 heavy (non-hydrogen) atoms. The lowest BCUT2D eigenvalue weighted by molar-refractivity contribution is 0.126. The van der Waals surface area contributed by atoms with Crippen molar-refractivity contribution in [1.29, 1.82) is 0 Å². The Labute approximate surface area is 109 Å². The van der Waals surface area contributed by atoms with E-state index in [0.29, 0.717) is 5.41 Å². The van der Waals surface area contributed by atoms with Gasteiger partial charge in [-0.15, -0.1) is 0 Å². The standard InChI is InChI=1S/C15H22N2O/c1-2-18-14-5-3-13(4-6-14)17-9-7-15(8-10-17)11-16-12-15/h3-6,16H,2,7-12H2,1H3. The molecule has 0 radical (unpaired) electrons. The van der Waals surface area contributed by atoms with Crippen LogP contribution in [-0.4, -0.2) is 32.8 Å². The molecule has 2 aliphatic heterocycles. The first-order valence-electron chi connectivity index (χ1n) is 7.00. The highest BCUT2D eigenvalue weighted by molar-refractivity contribution is 5.49. The maximum absolute atomic E-state index is 5.48. The van der Waals surface area contributed by atoms with Crippen LogP contribution in [0, 0.1) is 5.41 Å². The molecule has 0 unspecified atom stereocenters. The summed E-state index contributed by atoms with van der Waals surface area (Å²) in [6.45, 7) is 7.59. The molecule has 2 fully saturated rings. The van der Waals surface area contributed by atoms with Gasteiger partial charge in [0.2, 0.25) is 0 Å². The lowest BCUT2D eigenvalue weighted by atomic mass is 9.73.